The van der Waals surface area contributed by atoms with E-state index in [1.54, 1.807) is 4.68 Å². The maximum Gasteiger partial charge on any atom is 0.437 e. The summed E-state index contributed by atoms with van der Waals surface area (Å²) in [5.74, 6) is 0.588. The van der Waals surface area contributed by atoms with E-state index in [0.717, 1.165) is 11.4 Å². The molecule has 1 aliphatic heterocycles. The third-order valence-corrected chi connectivity index (χ3v) is 2.53. The van der Waals surface area contributed by atoms with Crippen LogP contribution in [0.25, 0.3) is 5.69 Å². The number of nitrogens with one attached hydrogen (secondary N) is 2. The zero-order valence-electron chi connectivity index (χ0n) is 9.10. The molecule has 0 aliphatic carbocycles. The number of benzene rings is 1. The zero-order chi connectivity index (χ0) is 11.8. The highest BCUT2D eigenvalue weighted by atomic mass is 16.7. The zero-order valence-corrected chi connectivity index (χ0v) is 9.10. The number of aromatic nitrogens is 2. The normalized spacial score (nSPS) is 13.4. The molecule has 0 fully saturated rings. The van der Waals surface area contributed by atoms with Crippen LogP contribution in [0.3, 0.4) is 0 Å². The van der Waals surface area contributed by atoms with E-state index in [-0.39, 0.29) is 0 Å². The molecular weight excluding hydrogens is 220 g/mol. The van der Waals surface area contributed by atoms with E-state index in [0.29, 0.717) is 11.5 Å². The molecule has 0 bridgehead atoms. The number of fused-ring (bicyclic) bond motifs is 1. The molecule has 0 saturated heterocycles. The summed E-state index contributed by atoms with van der Waals surface area (Å²) in [7, 11) is 0. The second-order valence-corrected chi connectivity index (χ2v) is 3.67. The van der Waals surface area contributed by atoms with Gasteiger partial charge in [0, 0.05) is 0 Å². The van der Waals surface area contributed by atoms with Crippen molar-refractivity contribution >= 4 is 17.6 Å². The quantitative estimate of drug-likeness (QED) is 0.786. The lowest BCUT2D eigenvalue weighted by Crippen LogP contribution is -2.24. The summed E-state index contributed by atoms with van der Waals surface area (Å²) in [5, 5.41) is 6.98. The monoisotopic (exact) mass is 230 g/mol. The maximum atomic E-state index is 11.2. The molecule has 2 heterocycles. The molecule has 0 atom stereocenters. The van der Waals surface area contributed by atoms with Crippen molar-refractivity contribution in [2.24, 2.45) is 0 Å². The van der Waals surface area contributed by atoms with E-state index in [2.05, 4.69) is 20.7 Å². The molecule has 1 aromatic heterocycles. The van der Waals surface area contributed by atoms with E-state index < -0.39 is 6.09 Å². The Morgan fingerprint density at radius 1 is 1.29 bits per heavy atom. The van der Waals surface area contributed by atoms with Gasteiger partial charge in [-0.15, -0.1) is 0 Å². The predicted molar refractivity (Wildman–Crippen MR) is 62.0 cm³/mol. The average molecular weight is 230 g/mol. The van der Waals surface area contributed by atoms with Crippen LogP contribution >= 0.6 is 0 Å². The molecule has 0 unspecified atom stereocenters. The molecule has 2 aromatic rings. The number of aryl methyl sites for hydroxylation is 1. The lowest BCUT2D eigenvalue weighted by molar-refractivity contribution is 0.183. The molecule has 17 heavy (non-hydrogen) atoms. The number of anilines is 2. The van der Waals surface area contributed by atoms with E-state index in [1.807, 2.05) is 37.3 Å². The van der Waals surface area contributed by atoms with Gasteiger partial charge in [-0.25, -0.2) is 15.0 Å². The van der Waals surface area contributed by atoms with Gasteiger partial charge in [0.2, 0.25) is 0 Å². The molecule has 0 saturated carbocycles. The Labute approximate surface area is 97.1 Å². The second kappa shape index (κ2) is 3.51. The lowest BCUT2D eigenvalue weighted by atomic mass is 10.3. The minimum atomic E-state index is -0.547. The van der Waals surface area contributed by atoms with E-state index in [1.165, 1.54) is 0 Å². The van der Waals surface area contributed by atoms with Gasteiger partial charge in [0.1, 0.15) is 5.69 Å². The summed E-state index contributed by atoms with van der Waals surface area (Å²) in [6.45, 7) is 1.84. The first kappa shape index (κ1) is 9.71. The molecule has 6 heteroatoms. The Bertz CT molecular complexity index is 577. The number of carbonyl (C=O) groups is 1. The van der Waals surface area contributed by atoms with Gasteiger partial charge >= 0.3 is 6.09 Å². The standard InChI is InChI=1S/C11H10N4O2/c1-7-9-10(12-11(16)17-14-9)15(13-7)8-5-3-2-4-6-8/h2-6,14H,1H3,(H,12,16). The van der Waals surface area contributed by atoms with Crippen molar-refractivity contribution in [3.05, 3.63) is 36.0 Å². The van der Waals surface area contributed by atoms with Crippen molar-refractivity contribution in [2.75, 3.05) is 10.8 Å². The van der Waals surface area contributed by atoms with Crippen LogP contribution in [0.5, 0.6) is 0 Å². The van der Waals surface area contributed by atoms with Crippen LogP contribution < -0.4 is 10.8 Å². The fourth-order valence-electron chi connectivity index (χ4n) is 1.74. The van der Waals surface area contributed by atoms with Gasteiger partial charge in [-0.05, 0) is 19.1 Å². The van der Waals surface area contributed by atoms with Crippen molar-refractivity contribution in [1.29, 1.82) is 0 Å². The van der Waals surface area contributed by atoms with Crippen molar-refractivity contribution in [2.45, 2.75) is 6.92 Å². The van der Waals surface area contributed by atoms with E-state index >= 15 is 0 Å². The van der Waals surface area contributed by atoms with Crippen LogP contribution in [0.4, 0.5) is 16.3 Å². The Morgan fingerprint density at radius 2 is 2.06 bits per heavy atom. The Kier molecular flexibility index (Phi) is 2.01. The van der Waals surface area contributed by atoms with Crippen LogP contribution in [0.15, 0.2) is 30.3 Å². The van der Waals surface area contributed by atoms with E-state index in [4.69, 9.17) is 0 Å². The molecule has 1 amide bonds. The Hall–Kier alpha value is -2.50. The average Bonchev–Trinajstić information content (AvgIpc) is 2.67. The number of hydrogen-bond donors (Lipinski definition) is 2. The molecule has 0 spiro atoms. The molecule has 1 aromatic carbocycles. The fourth-order valence-corrected chi connectivity index (χ4v) is 1.74. The Balaban J connectivity index is 2.16. The summed E-state index contributed by atoms with van der Waals surface area (Å²) >= 11 is 0. The lowest BCUT2D eigenvalue weighted by Gasteiger charge is -2.16. The first-order valence-electron chi connectivity index (χ1n) is 5.14. The number of amides is 1. The van der Waals surface area contributed by atoms with Gasteiger partial charge < -0.3 is 4.84 Å². The highest BCUT2D eigenvalue weighted by Gasteiger charge is 2.24. The van der Waals surface area contributed by atoms with Gasteiger partial charge in [0.15, 0.2) is 5.82 Å². The minimum Gasteiger partial charge on any atom is -0.324 e. The second-order valence-electron chi connectivity index (χ2n) is 3.67. The fraction of sp³-hybridized carbons (Fsp3) is 0.0909. The van der Waals surface area contributed by atoms with Gasteiger partial charge in [0.05, 0.1) is 11.4 Å². The maximum absolute atomic E-state index is 11.2. The SMILES string of the molecule is Cc1nn(-c2ccccc2)c2c1NOC(=O)N2. The molecule has 86 valence electrons. The number of nitrogens with zero attached hydrogens (tertiary/aromatic N) is 2. The van der Waals surface area contributed by atoms with Crippen LogP contribution in [0.2, 0.25) is 0 Å². The molecule has 2 N–H and O–H groups in total. The van der Waals surface area contributed by atoms with Crippen molar-refractivity contribution in [1.82, 2.24) is 9.78 Å². The minimum absolute atomic E-state index is 0.547. The van der Waals surface area contributed by atoms with Crippen molar-refractivity contribution in [3.63, 3.8) is 0 Å². The first-order valence-corrected chi connectivity index (χ1v) is 5.14. The Morgan fingerprint density at radius 3 is 2.82 bits per heavy atom. The van der Waals surface area contributed by atoms with Gasteiger partial charge in [-0.1, -0.05) is 18.2 Å². The summed E-state index contributed by atoms with van der Waals surface area (Å²) in [5.41, 5.74) is 4.88. The van der Waals surface area contributed by atoms with E-state index in [9.17, 15) is 4.79 Å². The largest absolute Gasteiger partial charge is 0.437 e. The third-order valence-electron chi connectivity index (χ3n) is 2.53. The third kappa shape index (κ3) is 1.50. The highest BCUT2D eigenvalue weighted by Crippen LogP contribution is 2.31. The number of hydrogen-bond acceptors (Lipinski definition) is 4. The van der Waals surface area contributed by atoms with Gasteiger partial charge in [0.25, 0.3) is 0 Å². The number of rotatable bonds is 1. The van der Waals surface area contributed by atoms with Crippen molar-refractivity contribution < 1.29 is 9.63 Å². The van der Waals surface area contributed by atoms with Crippen LogP contribution in [0.1, 0.15) is 5.69 Å². The van der Waals surface area contributed by atoms with Crippen molar-refractivity contribution in [3.8, 4) is 5.69 Å². The smallest absolute Gasteiger partial charge is 0.324 e. The van der Waals surface area contributed by atoms with Crippen LogP contribution in [-0.2, 0) is 4.84 Å². The number of carbonyl (C=O) groups excluding carboxylic acids is 1. The van der Waals surface area contributed by atoms with Gasteiger partial charge in [-0.2, -0.15) is 5.10 Å². The summed E-state index contributed by atoms with van der Waals surface area (Å²) in [4.78, 5) is 15.9. The molecule has 3 rings (SSSR count). The molecular formula is C11H10N4O2. The summed E-state index contributed by atoms with van der Waals surface area (Å²) < 4.78 is 1.66. The topological polar surface area (TPSA) is 68.2 Å². The predicted octanol–water partition coefficient (Wildman–Crippen LogP) is 2.07. The van der Waals surface area contributed by atoms with Gasteiger partial charge in [-0.3, -0.25) is 5.32 Å². The highest BCUT2D eigenvalue weighted by molar-refractivity contribution is 5.92. The molecule has 6 nitrogen and oxygen atoms in total. The number of para-hydroxylation sites is 1. The van der Waals surface area contributed by atoms with Crippen LogP contribution in [-0.4, -0.2) is 15.9 Å². The first-order chi connectivity index (χ1) is 8.25. The summed E-state index contributed by atoms with van der Waals surface area (Å²) in [6.07, 6.45) is -0.547. The molecule has 0 radical (unpaired) electrons. The van der Waals surface area contributed by atoms with Crippen LogP contribution in [0, 0.1) is 6.92 Å². The summed E-state index contributed by atoms with van der Waals surface area (Å²) in [6, 6.07) is 9.57. The molecule has 1 aliphatic rings.